The smallest absolute Gasteiger partial charge is 0.283 e. The van der Waals surface area contributed by atoms with Gasteiger partial charge in [-0.05, 0) is 79.6 Å². The van der Waals surface area contributed by atoms with Crippen LogP contribution in [0.5, 0.6) is 17.2 Å². The van der Waals surface area contributed by atoms with Gasteiger partial charge in [0, 0.05) is 6.26 Å². The molecule has 0 saturated carbocycles. The van der Waals surface area contributed by atoms with Crippen LogP contribution in [0, 0.1) is 19.3 Å². The van der Waals surface area contributed by atoms with E-state index in [1.54, 1.807) is 18.2 Å². The summed E-state index contributed by atoms with van der Waals surface area (Å²) in [5.74, 6) is 0.833. The van der Waals surface area contributed by atoms with Crippen molar-refractivity contribution in [1.29, 1.82) is 5.41 Å². The van der Waals surface area contributed by atoms with Crippen LogP contribution >= 0.6 is 11.8 Å². The summed E-state index contributed by atoms with van der Waals surface area (Å²) in [6.45, 7) is 6.95. The minimum Gasteiger partial charge on any atom is -0.490 e. The summed E-state index contributed by atoms with van der Waals surface area (Å²) in [5, 5.41) is 13.4. The van der Waals surface area contributed by atoms with Crippen molar-refractivity contribution in [1.82, 2.24) is 5.01 Å². The van der Waals surface area contributed by atoms with E-state index in [0.29, 0.717) is 36.9 Å². The van der Waals surface area contributed by atoms with E-state index < -0.39 is 15.7 Å². The highest BCUT2D eigenvalue weighted by Crippen LogP contribution is 2.32. The van der Waals surface area contributed by atoms with Gasteiger partial charge in [0.05, 0.1) is 12.2 Å². The number of carbonyl (C=O) groups excluding carboxylic acids is 1. The van der Waals surface area contributed by atoms with E-state index in [0.717, 1.165) is 34.3 Å². The number of hydrogen-bond acceptors (Lipinski definition) is 9. The molecule has 0 saturated heterocycles. The van der Waals surface area contributed by atoms with Crippen molar-refractivity contribution in [2.24, 2.45) is 10.1 Å². The number of ether oxygens (including phenoxy) is 3. The fourth-order valence-corrected chi connectivity index (χ4v) is 5.09. The van der Waals surface area contributed by atoms with Crippen LogP contribution < -0.4 is 14.2 Å². The molecule has 0 spiro atoms. The average molecular weight is 543 g/mol. The van der Waals surface area contributed by atoms with E-state index in [2.05, 4.69) is 10.1 Å². The molecule has 37 heavy (non-hydrogen) atoms. The number of rotatable bonds is 8. The molecule has 2 heterocycles. The van der Waals surface area contributed by atoms with Gasteiger partial charge in [0.25, 0.3) is 5.91 Å². The number of aryl methyl sites for hydroxylation is 2. The standard InChI is InChI=1S/C25H26N4O6S2/c1-5-33-21-14-17(7-9-20(21)35-11-10-34-18-8-6-15(2)16(3)12-18)13-19-22(26)29-24(27-23(19)30)36-25(28-29)37(4,31)32/h6-9,12-14,26H,5,10-11H2,1-4H3/b19-13+,26-22?. The molecule has 4 rings (SSSR count). The van der Waals surface area contributed by atoms with Crippen molar-refractivity contribution in [2.75, 3.05) is 26.1 Å². The van der Waals surface area contributed by atoms with Crippen LogP contribution in [0.1, 0.15) is 23.6 Å². The molecule has 0 bridgehead atoms. The maximum atomic E-state index is 12.6. The SMILES string of the molecule is CCOc1cc(/C=C2\C(=N)N3N=C(S(C)(=O)=O)SC3=NC2=O)ccc1OCCOc1ccc(C)c(C)c1. The van der Waals surface area contributed by atoms with Crippen molar-refractivity contribution in [3.05, 3.63) is 58.7 Å². The number of nitrogens with one attached hydrogen (secondary N) is 1. The zero-order valence-corrected chi connectivity index (χ0v) is 22.4. The van der Waals surface area contributed by atoms with Crippen LogP contribution in [0.2, 0.25) is 0 Å². The topological polar surface area (TPSA) is 131 Å². The van der Waals surface area contributed by atoms with E-state index in [9.17, 15) is 13.2 Å². The zero-order chi connectivity index (χ0) is 26.7. The lowest BCUT2D eigenvalue weighted by Crippen LogP contribution is -2.35. The first-order valence-electron chi connectivity index (χ1n) is 11.4. The third-order valence-electron chi connectivity index (χ3n) is 5.42. The molecule has 1 N–H and O–H groups in total. The summed E-state index contributed by atoms with van der Waals surface area (Å²) in [4.78, 5) is 16.5. The number of carbonyl (C=O) groups is 1. The van der Waals surface area contributed by atoms with Crippen LogP contribution in [0.15, 0.2) is 52.1 Å². The van der Waals surface area contributed by atoms with Crippen LogP contribution in [-0.4, -0.2) is 60.8 Å². The number of nitrogens with zero attached hydrogens (tertiary/aromatic N) is 3. The molecule has 0 aliphatic carbocycles. The molecule has 10 nitrogen and oxygen atoms in total. The molecule has 12 heteroatoms. The van der Waals surface area contributed by atoms with Gasteiger partial charge < -0.3 is 14.2 Å². The lowest BCUT2D eigenvalue weighted by Gasteiger charge is -2.20. The van der Waals surface area contributed by atoms with E-state index in [1.165, 1.54) is 11.6 Å². The van der Waals surface area contributed by atoms with E-state index in [-0.39, 0.29) is 21.0 Å². The van der Waals surface area contributed by atoms with Crippen LogP contribution in [0.4, 0.5) is 0 Å². The third-order valence-corrected chi connectivity index (χ3v) is 8.00. The van der Waals surface area contributed by atoms with E-state index in [1.807, 2.05) is 39.0 Å². The average Bonchev–Trinajstić information content (AvgIpc) is 3.28. The first-order chi connectivity index (χ1) is 17.6. The molecule has 1 amide bonds. The second-order valence-electron chi connectivity index (χ2n) is 8.24. The van der Waals surface area contributed by atoms with Crippen molar-refractivity contribution in [2.45, 2.75) is 20.8 Å². The van der Waals surface area contributed by atoms with Gasteiger partial charge in [0.2, 0.25) is 19.4 Å². The third kappa shape index (κ3) is 6.03. The van der Waals surface area contributed by atoms with Crippen molar-refractivity contribution in [3.63, 3.8) is 0 Å². The Morgan fingerprint density at radius 3 is 2.49 bits per heavy atom. The van der Waals surface area contributed by atoms with Crippen LogP contribution in [0.25, 0.3) is 6.08 Å². The Hall–Kier alpha value is -3.64. The molecule has 2 aromatic rings. The lowest BCUT2D eigenvalue weighted by atomic mass is 10.1. The number of fused-ring (bicyclic) bond motifs is 1. The van der Waals surface area contributed by atoms with E-state index >= 15 is 0 Å². The van der Waals surface area contributed by atoms with E-state index in [4.69, 9.17) is 19.6 Å². The highest BCUT2D eigenvalue weighted by atomic mass is 32.3. The number of amidine groups is 2. The van der Waals surface area contributed by atoms with Gasteiger partial charge in [-0.2, -0.15) is 10.0 Å². The quantitative estimate of drug-likeness (QED) is 0.394. The normalized spacial score (nSPS) is 16.4. The molecule has 0 atom stereocenters. The van der Waals surface area contributed by atoms with Crippen molar-refractivity contribution in [3.8, 4) is 17.2 Å². The zero-order valence-electron chi connectivity index (χ0n) is 20.8. The Bertz CT molecular complexity index is 1460. The van der Waals surface area contributed by atoms with Gasteiger partial charge in [0.15, 0.2) is 17.3 Å². The predicted molar refractivity (Wildman–Crippen MR) is 144 cm³/mol. The molecule has 2 aromatic carbocycles. The number of hydrazone groups is 1. The fraction of sp³-hybridized carbons (Fsp3) is 0.280. The Morgan fingerprint density at radius 2 is 1.78 bits per heavy atom. The first-order valence-corrected chi connectivity index (χ1v) is 14.1. The van der Waals surface area contributed by atoms with Gasteiger partial charge in [-0.3, -0.25) is 10.2 Å². The summed E-state index contributed by atoms with van der Waals surface area (Å²) in [6.07, 6.45) is 2.49. The minimum absolute atomic E-state index is 0.0271. The fourth-order valence-electron chi connectivity index (χ4n) is 3.41. The molecular weight excluding hydrogens is 516 g/mol. The highest BCUT2D eigenvalue weighted by Gasteiger charge is 2.38. The predicted octanol–water partition coefficient (Wildman–Crippen LogP) is 3.78. The molecular formula is C25H26N4O6S2. The molecule has 194 valence electrons. The molecule has 2 aliphatic rings. The maximum Gasteiger partial charge on any atom is 0.283 e. The first kappa shape index (κ1) is 26.4. The maximum absolute atomic E-state index is 12.6. The Balaban J connectivity index is 1.48. The van der Waals surface area contributed by atoms with Crippen molar-refractivity contribution < 1.29 is 27.4 Å². The van der Waals surface area contributed by atoms with Crippen LogP contribution in [-0.2, 0) is 14.6 Å². The Kier molecular flexibility index (Phi) is 7.69. The number of hydrogen-bond donors (Lipinski definition) is 1. The van der Waals surface area contributed by atoms with Crippen LogP contribution in [0.3, 0.4) is 0 Å². The largest absolute Gasteiger partial charge is 0.490 e. The number of amides is 1. The summed E-state index contributed by atoms with van der Waals surface area (Å²) in [6, 6.07) is 11.0. The monoisotopic (exact) mass is 542 g/mol. The molecule has 0 radical (unpaired) electrons. The van der Waals surface area contributed by atoms with Gasteiger partial charge in [0.1, 0.15) is 19.0 Å². The Labute approximate surface area is 219 Å². The summed E-state index contributed by atoms with van der Waals surface area (Å²) < 4.78 is 40.8. The number of aliphatic imine (C=N–C) groups is 1. The lowest BCUT2D eigenvalue weighted by molar-refractivity contribution is -0.114. The number of sulfone groups is 1. The molecule has 2 aliphatic heterocycles. The van der Waals surface area contributed by atoms with Crippen molar-refractivity contribution >= 4 is 49.0 Å². The molecule has 0 fully saturated rings. The summed E-state index contributed by atoms with van der Waals surface area (Å²) >= 11 is 0.740. The van der Waals surface area contributed by atoms with Gasteiger partial charge >= 0.3 is 0 Å². The Morgan fingerprint density at radius 1 is 1.03 bits per heavy atom. The second kappa shape index (κ2) is 10.8. The second-order valence-corrected chi connectivity index (χ2v) is 11.4. The minimum atomic E-state index is -3.60. The molecule has 0 unspecified atom stereocenters. The number of thioether (sulfide) groups is 1. The summed E-state index contributed by atoms with van der Waals surface area (Å²) in [5.41, 5.74) is 2.90. The van der Waals surface area contributed by atoms with Gasteiger partial charge in [-0.25, -0.2) is 8.42 Å². The molecule has 0 aromatic heterocycles. The number of benzene rings is 2. The van der Waals surface area contributed by atoms with Gasteiger partial charge in [-0.15, -0.1) is 5.10 Å². The summed E-state index contributed by atoms with van der Waals surface area (Å²) in [7, 11) is -3.60. The van der Waals surface area contributed by atoms with Gasteiger partial charge in [-0.1, -0.05) is 12.1 Å². The highest BCUT2D eigenvalue weighted by molar-refractivity contribution is 8.42.